The molecule has 2 aromatic rings. The molecule has 0 aliphatic heterocycles. The molecule has 0 unspecified atom stereocenters. The van der Waals surface area contributed by atoms with Gasteiger partial charge in [-0.1, -0.05) is 95.3 Å². The Labute approximate surface area is 191 Å². The molecule has 0 amide bonds. The molecule has 0 N–H and O–H groups in total. The molecular formula is C26H40O3Si2. The van der Waals surface area contributed by atoms with Gasteiger partial charge in [0.2, 0.25) is 0 Å². The van der Waals surface area contributed by atoms with E-state index in [0.29, 0.717) is 6.61 Å². The third kappa shape index (κ3) is 6.25. The summed E-state index contributed by atoms with van der Waals surface area (Å²) in [4.78, 5) is 11.6. The Balaban J connectivity index is 2.48. The molecule has 0 aliphatic rings. The average Bonchev–Trinajstić information content (AvgIpc) is 2.71. The molecule has 0 fully saturated rings. The summed E-state index contributed by atoms with van der Waals surface area (Å²) in [7, 11) is -4.40. The lowest BCUT2D eigenvalue weighted by Crippen LogP contribution is -2.67. The summed E-state index contributed by atoms with van der Waals surface area (Å²) in [6, 6.07) is 21.4. The second kappa shape index (κ2) is 10.4. The number of carbonyl (C=O) groups is 1. The molecule has 0 spiro atoms. The normalized spacial score (nSPS) is 15.9. The minimum atomic E-state index is -2.59. The molecule has 170 valence electrons. The van der Waals surface area contributed by atoms with Crippen LogP contribution in [-0.4, -0.2) is 35.6 Å². The van der Waals surface area contributed by atoms with Gasteiger partial charge in [0.1, 0.15) is 6.29 Å². The zero-order valence-electron chi connectivity index (χ0n) is 20.5. The maximum Gasteiger partial charge on any atom is 0.261 e. The molecule has 0 bridgehead atoms. The van der Waals surface area contributed by atoms with Crippen LogP contribution in [-0.2, 0) is 13.6 Å². The van der Waals surface area contributed by atoms with Crippen molar-refractivity contribution in [2.75, 3.05) is 6.61 Å². The predicted octanol–water partition coefficient (Wildman–Crippen LogP) is 5.25. The second-order valence-electron chi connectivity index (χ2n) is 10.6. The van der Waals surface area contributed by atoms with E-state index in [-0.39, 0.29) is 23.0 Å². The lowest BCUT2D eigenvalue weighted by Gasteiger charge is -2.44. The van der Waals surface area contributed by atoms with Crippen molar-refractivity contribution in [1.82, 2.24) is 0 Å². The van der Waals surface area contributed by atoms with Crippen LogP contribution in [0.1, 0.15) is 34.6 Å². The molecule has 3 nitrogen and oxygen atoms in total. The Kier molecular flexibility index (Phi) is 8.62. The van der Waals surface area contributed by atoms with Gasteiger partial charge in [-0.25, -0.2) is 0 Å². The highest BCUT2D eigenvalue weighted by atomic mass is 28.4. The van der Waals surface area contributed by atoms with E-state index in [1.807, 2.05) is 6.92 Å². The van der Waals surface area contributed by atoms with Crippen molar-refractivity contribution >= 4 is 33.3 Å². The fraction of sp³-hybridized carbons (Fsp3) is 0.500. The Bertz CT molecular complexity index is 771. The van der Waals surface area contributed by atoms with Crippen LogP contribution in [0.2, 0.25) is 24.7 Å². The molecule has 0 aromatic heterocycles. The topological polar surface area (TPSA) is 35.5 Å². The maximum absolute atomic E-state index is 11.6. The molecule has 2 aromatic carbocycles. The summed E-state index contributed by atoms with van der Waals surface area (Å²) in [6.07, 6.45) is 0.881. The van der Waals surface area contributed by atoms with Crippen LogP contribution in [0.25, 0.3) is 0 Å². The number of aldehydes is 1. The van der Waals surface area contributed by atoms with Gasteiger partial charge in [-0.15, -0.1) is 0 Å². The highest BCUT2D eigenvalue weighted by Crippen LogP contribution is 2.37. The largest absolute Gasteiger partial charge is 0.414 e. The fourth-order valence-electron chi connectivity index (χ4n) is 4.34. The van der Waals surface area contributed by atoms with Crippen molar-refractivity contribution in [2.24, 2.45) is 11.8 Å². The molecule has 31 heavy (non-hydrogen) atoms. The third-order valence-corrected chi connectivity index (χ3v) is 11.7. The van der Waals surface area contributed by atoms with Gasteiger partial charge in [-0.3, -0.25) is 0 Å². The molecule has 0 radical (unpaired) electrons. The standard InChI is InChI=1S/C26H40O3Si2/c1-21(19-27)25(29-30(6,7)8)22(2)20-28-31(26(3,4)5,23-15-11-9-12-16-23)24-17-13-10-14-18-24/h9-19,21-22,25H,20H2,1-8H3/t21-,22-,25+/m1/s1. The van der Waals surface area contributed by atoms with Gasteiger partial charge in [-0.2, -0.15) is 0 Å². The van der Waals surface area contributed by atoms with Gasteiger partial charge >= 0.3 is 0 Å². The first-order chi connectivity index (χ1) is 14.4. The van der Waals surface area contributed by atoms with Crippen molar-refractivity contribution in [2.45, 2.75) is 65.4 Å². The third-order valence-electron chi connectivity index (χ3n) is 5.76. The van der Waals surface area contributed by atoms with E-state index in [2.05, 4.69) is 108 Å². The quantitative estimate of drug-likeness (QED) is 0.362. The van der Waals surface area contributed by atoms with E-state index < -0.39 is 16.6 Å². The molecule has 5 heteroatoms. The van der Waals surface area contributed by atoms with E-state index in [4.69, 9.17) is 8.85 Å². The number of hydrogen-bond acceptors (Lipinski definition) is 3. The zero-order chi connectivity index (χ0) is 23.3. The van der Waals surface area contributed by atoms with Crippen molar-refractivity contribution in [3.8, 4) is 0 Å². The molecule has 0 aliphatic carbocycles. The molecule has 2 rings (SSSR count). The Morgan fingerprint density at radius 1 is 0.871 bits per heavy atom. The number of hydrogen-bond donors (Lipinski definition) is 0. The van der Waals surface area contributed by atoms with Crippen LogP contribution in [0.5, 0.6) is 0 Å². The maximum atomic E-state index is 11.6. The number of carbonyl (C=O) groups excluding carboxylic acids is 1. The van der Waals surface area contributed by atoms with E-state index in [0.717, 1.165) is 6.29 Å². The molecule has 0 saturated heterocycles. The Morgan fingerprint density at radius 3 is 1.68 bits per heavy atom. The van der Waals surface area contributed by atoms with Gasteiger partial charge in [-0.05, 0) is 35.1 Å². The molecule has 0 saturated carbocycles. The minimum absolute atomic E-state index is 0.0686. The number of rotatable bonds is 10. The smallest absolute Gasteiger partial charge is 0.261 e. The summed E-state index contributed by atoms with van der Waals surface area (Å²) in [5.74, 6) is -0.0574. The SMILES string of the molecule is C[C@H](C=O)[C@H](O[Si](C)(C)C)[C@H](C)CO[Si](c1ccccc1)(c1ccccc1)C(C)(C)C. The van der Waals surface area contributed by atoms with Gasteiger partial charge < -0.3 is 13.6 Å². The highest BCUT2D eigenvalue weighted by molar-refractivity contribution is 6.99. The van der Waals surface area contributed by atoms with Gasteiger partial charge in [0.15, 0.2) is 8.32 Å². The van der Waals surface area contributed by atoms with Crippen molar-refractivity contribution in [3.05, 3.63) is 60.7 Å². The average molecular weight is 457 g/mol. The van der Waals surface area contributed by atoms with Gasteiger partial charge in [0.05, 0.1) is 6.10 Å². The van der Waals surface area contributed by atoms with Crippen LogP contribution >= 0.6 is 0 Å². The monoisotopic (exact) mass is 456 g/mol. The Hall–Kier alpha value is -1.54. The van der Waals surface area contributed by atoms with Crippen molar-refractivity contribution in [3.63, 3.8) is 0 Å². The van der Waals surface area contributed by atoms with Crippen LogP contribution < -0.4 is 10.4 Å². The van der Waals surface area contributed by atoms with E-state index in [1.54, 1.807) is 0 Å². The summed E-state index contributed by atoms with van der Waals surface area (Å²) in [6.45, 7) is 18.0. The lowest BCUT2D eigenvalue weighted by molar-refractivity contribution is -0.114. The zero-order valence-corrected chi connectivity index (χ0v) is 22.5. The summed E-state index contributed by atoms with van der Waals surface area (Å²) < 4.78 is 13.5. The lowest BCUT2D eigenvalue weighted by atomic mass is 9.95. The van der Waals surface area contributed by atoms with Gasteiger partial charge in [0, 0.05) is 18.4 Å². The van der Waals surface area contributed by atoms with E-state index in [9.17, 15) is 4.79 Å². The van der Waals surface area contributed by atoms with Crippen LogP contribution in [0.15, 0.2) is 60.7 Å². The van der Waals surface area contributed by atoms with Crippen LogP contribution in [0, 0.1) is 11.8 Å². The van der Waals surface area contributed by atoms with Crippen LogP contribution in [0.4, 0.5) is 0 Å². The van der Waals surface area contributed by atoms with Crippen molar-refractivity contribution < 1.29 is 13.6 Å². The van der Waals surface area contributed by atoms with E-state index in [1.165, 1.54) is 10.4 Å². The fourth-order valence-corrected chi connectivity index (χ4v) is 10.3. The summed E-state index contributed by atoms with van der Waals surface area (Å²) in [5, 5.41) is 2.47. The summed E-state index contributed by atoms with van der Waals surface area (Å²) in [5.41, 5.74) is 0. The van der Waals surface area contributed by atoms with Crippen LogP contribution in [0.3, 0.4) is 0 Å². The predicted molar refractivity (Wildman–Crippen MR) is 136 cm³/mol. The highest BCUT2D eigenvalue weighted by Gasteiger charge is 2.50. The first kappa shape index (κ1) is 25.7. The summed E-state index contributed by atoms with van der Waals surface area (Å²) >= 11 is 0. The number of benzene rings is 2. The molecule has 0 heterocycles. The first-order valence-electron chi connectivity index (χ1n) is 11.3. The van der Waals surface area contributed by atoms with Gasteiger partial charge in [0.25, 0.3) is 8.32 Å². The second-order valence-corrected chi connectivity index (χ2v) is 19.4. The Morgan fingerprint density at radius 2 is 1.32 bits per heavy atom. The van der Waals surface area contributed by atoms with Crippen molar-refractivity contribution in [1.29, 1.82) is 0 Å². The van der Waals surface area contributed by atoms with E-state index >= 15 is 0 Å². The minimum Gasteiger partial charge on any atom is -0.414 e. The first-order valence-corrected chi connectivity index (χ1v) is 16.6. The molecular weight excluding hydrogens is 416 g/mol. The molecule has 3 atom stereocenters.